The van der Waals surface area contributed by atoms with E-state index in [4.69, 9.17) is 0 Å². The van der Waals surface area contributed by atoms with Gasteiger partial charge in [0.25, 0.3) is 11.8 Å². The first-order valence-corrected chi connectivity index (χ1v) is 11.5. The number of benzene rings is 2. The third-order valence-corrected chi connectivity index (χ3v) is 7.46. The lowest BCUT2D eigenvalue weighted by Gasteiger charge is -2.29. The van der Waals surface area contributed by atoms with E-state index < -0.39 is 0 Å². The van der Waals surface area contributed by atoms with Crippen molar-refractivity contribution in [3.63, 3.8) is 0 Å². The number of amides is 2. The summed E-state index contributed by atoms with van der Waals surface area (Å²) in [6.07, 6.45) is 4.39. The minimum Gasteiger partial charge on any atom is -0.321 e. The van der Waals surface area contributed by atoms with Gasteiger partial charge >= 0.3 is 0 Å². The Bertz CT molecular complexity index is 1070. The van der Waals surface area contributed by atoms with Crippen molar-refractivity contribution in [3.05, 3.63) is 70.4 Å². The molecule has 2 amide bonds. The molecule has 146 valence electrons. The van der Waals surface area contributed by atoms with Gasteiger partial charge in [0, 0.05) is 21.5 Å². The lowest BCUT2D eigenvalue weighted by Crippen LogP contribution is -2.39. The molecule has 29 heavy (non-hydrogen) atoms. The van der Waals surface area contributed by atoms with Crippen LogP contribution in [-0.2, 0) is 0 Å². The molecule has 1 N–H and O–H groups in total. The maximum absolute atomic E-state index is 13.4. The van der Waals surface area contributed by atoms with Gasteiger partial charge in [-0.3, -0.25) is 9.59 Å². The standard InChI is InChI=1S/C23H20N2O2S2/c26-22(20-10-5-13-28-20)24-15-11-12-18-21(14-15)29-19-9-4-3-8-17(19)23(27)25(18)16-6-1-2-7-16/h3-5,8-14,16H,1-2,6-7H2,(H,24,26). The Hall–Kier alpha value is -2.57. The molecular weight excluding hydrogens is 400 g/mol. The minimum absolute atomic E-state index is 0.0779. The fourth-order valence-corrected chi connectivity index (χ4v) is 5.81. The van der Waals surface area contributed by atoms with E-state index >= 15 is 0 Å². The van der Waals surface area contributed by atoms with Crippen LogP contribution in [-0.4, -0.2) is 17.9 Å². The van der Waals surface area contributed by atoms with Crippen molar-refractivity contribution in [2.45, 2.75) is 41.5 Å². The van der Waals surface area contributed by atoms with Gasteiger partial charge in [0.2, 0.25) is 0 Å². The zero-order valence-electron chi connectivity index (χ0n) is 15.8. The van der Waals surface area contributed by atoms with Crippen molar-refractivity contribution in [1.29, 1.82) is 0 Å². The third-order valence-electron chi connectivity index (χ3n) is 5.47. The molecule has 1 aromatic heterocycles. The quantitative estimate of drug-likeness (QED) is 0.561. The van der Waals surface area contributed by atoms with Gasteiger partial charge in [-0.25, -0.2) is 0 Å². The molecule has 1 aliphatic carbocycles. The van der Waals surface area contributed by atoms with Crippen LogP contribution in [0.3, 0.4) is 0 Å². The molecule has 0 radical (unpaired) electrons. The van der Waals surface area contributed by atoms with Crippen LogP contribution < -0.4 is 10.2 Å². The van der Waals surface area contributed by atoms with Crippen molar-refractivity contribution in [3.8, 4) is 0 Å². The fraction of sp³-hybridized carbons (Fsp3) is 0.217. The molecule has 1 fully saturated rings. The highest BCUT2D eigenvalue weighted by molar-refractivity contribution is 7.99. The Labute approximate surface area is 177 Å². The second-order valence-electron chi connectivity index (χ2n) is 7.33. The summed E-state index contributed by atoms with van der Waals surface area (Å²) in [5, 5.41) is 4.88. The highest BCUT2D eigenvalue weighted by Crippen LogP contribution is 2.44. The van der Waals surface area contributed by atoms with E-state index in [9.17, 15) is 9.59 Å². The van der Waals surface area contributed by atoms with E-state index in [1.807, 2.05) is 64.9 Å². The molecule has 0 bridgehead atoms. The Balaban J connectivity index is 1.55. The van der Waals surface area contributed by atoms with Crippen molar-refractivity contribution in [1.82, 2.24) is 0 Å². The number of fused-ring (bicyclic) bond motifs is 2. The zero-order valence-corrected chi connectivity index (χ0v) is 17.4. The van der Waals surface area contributed by atoms with Gasteiger partial charge in [-0.2, -0.15) is 0 Å². The van der Waals surface area contributed by atoms with Gasteiger partial charge in [-0.05, 0) is 54.6 Å². The summed E-state index contributed by atoms with van der Waals surface area (Å²) in [7, 11) is 0. The Morgan fingerprint density at radius 1 is 1.00 bits per heavy atom. The predicted octanol–water partition coefficient (Wildman–Crippen LogP) is 6.05. The molecule has 1 saturated carbocycles. The number of thiophene rings is 1. The largest absolute Gasteiger partial charge is 0.321 e. The van der Waals surface area contributed by atoms with Crippen LogP contribution in [0.4, 0.5) is 11.4 Å². The molecule has 0 atom stereocenters. The van der Waals surface area contributed by atoms with Gasteiger partial charge in [0.1, 0.15) is 0 Å². The van der Waals surface area contributed by atoms with Crippen molar-refractivity contribution >= 4 is 46.3 Å². The summed E-state index contributed by atoms with van der Waals surface area (Å²) < 4.78 is 0. The molecular formula is C23H20N2O2S2. The summed E-state index contributed by atoms with van der Waals surface area (Å²) in [4.78, 5) is 30.5. The topological polar surface area (TPSA) is 49.4 Å². The summed E-state index contributed by atoms with van der Waals surface area (Å²) >= 11 is 3.02. The van der Waals surface area contributed by atoms with E-state index in [1.54, 1.807) is 11.8 Å². The molecule has 0 saturated heterocycles. The van der Waals surface area contributed by atoms with Crippen molar-refractivity contribution in [2.24, 2.45) is 0 Å². The monoisotopic (exact) mass is 420 g/mol. The summed E-state index contributed by atoms with van der Waals surface area (Å²) in [5.41, 5.74) is 2.44. The smallest absolute Gasteiger partial charge is 0.265 e. The van der Waals surface area contributed by atoms with Crippen LogP contribution >= 0.6 is 23.1 Å². The van der Waals surface area contributed by atoms with Crippen molar-refractivity contribution in [2.75, 3.05) is 10.2 Å². The van der Waals surface area contributed by atoms with Crippen LogP contribution in [0.5, 0.6) is 0 Å². The van der Waals surface area contributed by atoms with Gasteiger partial charge in [0.05, 0.1) is 16.1 Å². The number of hydrogen-bond donors (Lipinski definition) is 1. The maximum Gasteiger partial charge on any atom is 0.265 e. The number of hydrogen-bond acceptors (Lipinski definition) is 4. The molecule has 2 heterocycles. The maximum atomic E-state index is 13.4. The van der Waals surface area contributed by atoms with Gasteiger partial charge in [-0.1, -0.05) is 42.8 Å². The van der Waals surface area contributed by atoms with Gasteiger partial charge in [-0.15, -0.1) is 11.3 Å². The summed E-state index contributed by atoms with van der Waals surface area (Å²) in [5.74, 6) is -0.0307. The van der Waals surface area contributed by atoms with E-state index in [2.05, 4.69) is 5.32 Å². The number of nitrogens with zero attached hydrogens (tertiary/aromatic N) is 1. The van der Waals surface area contributed by atoms with Crippen LogP contribution in [0.2, 0.25) is 0 Å². The Morgan fingerprint density at radius 2 is 1.83 bits per heavy atom. The van der Waals surface area contributed by atoms with E-state index in [1.165, 1.54) is 11.3 Å². The molecule has 3 aromatic rings. The van der Waals surface area contributed by atoms with Gasteiger partial charge < -0.3 is 10.2 Å². The SMILES string of the molecule is O=C(Nc1ccc2c(c1)Sc1ccccc1C(=O)N2C1CCCC1)c1cccs1. The normalized spacial score (nSPS) is 16.3. The number of anilines is 2. The number of carbonyl (C=O) groups excluding carboxylic acids is 2. The molecule has 2 aromatic carbocycles. The zero-order chi connectivity index (χ0) is 19.8. The number of rotatable bonds is 3. The predicted molar refractivity (Wildman–Crippen MR) is 118 cm³/mol. The lowest BCUT2D eigenvalue weighted by atomic mass is 10.1. The Kier molecular flexibility index (Phi) is 4.89. The fourth-order valence-electron chi connectivity index (χ4n) is 4.09. The summed E-state index contributed by atoms with van der Waals surface area (Å²) in [6, 6.07) is 17.6. The Morgan fingerprint density at radius 3 is 2.62 bits per heavy atom. The highest BCUT2D eigenvalue weighted by Gasteiger charge is 2.34. The van der Waals surface area contributed by atoms with E-state index in [0.717, 1.165) is 52.4 Å². The second kappa shape index (κ2) is 7.69. The third kappa shape index (κ3) is 3.47. The molecule has 5 rings (SSSR count). The van der Waals surface area contributed by atoms with Crippen LogP contribution in [0.25, 0.3) is 0 Å². The first-order valence-electron chi connectivity index (χ1n) is 9.80. The van der Waals surface area contributed by atoms with Crippen LogP contribution in [0.1, 0.15) is 45.7 Å². The average molecular weight is 421 g/mol. The molecule has 6 heteroatoms. The average Bonchev–Trinajstić information content (AvgIpc) is 3.43. The molecule has 0 unspecified atom stereocenters. The molecule has 1 aliphatic heterocycles. The minimum atomic E-state index is -0.109. The van der Waals surface area contributed by atoms with Gasteiger partial charge in [0.15, 0.2) is 0 Å². The van der Waals surface area contributed by atoms with Crippen LogP contribution in [0, 0.1) is 0 Å². The second-order valence-corrected chi connectivity index (χ2v) is 9.36. The van der Waals surface area contributed by atoms with E-state index in [0.29, 0.717) is 4.88 Å². The van der Waals surface area contributed by atoms with Crippen LogP contribution in [0.15, 0.2) is 69.8 Å². The first-order chi connectivity index (χ1) is 14.2. The lowest BCUT2D eigenvalue weighted by molar-refractivity contribution is 0.0972. The number of carbonyl (C=O) groups is 2. The van der Waals surface area contributed by atoms with Crippen molar-refractivity contribution < 1.29 is 9.59 Å². The summed E-state index contributed by atoms with van der Waals surface area (Å²) in [6.45, 7) is 0. The number of nitrogens with one attached hydrogen (secondary N) is 1. The van der Waals surface area contributed by atoms with E-state index in [-0.39, 0.29) is 17.9 Å². The first kappa shape index (κ1) is 18.5. The molecule has 4 nitrogen and oxygen atoms in total. The molecule has 0 spiro atoms. The molecule has 2 aliphatic rings. The highest BCUT2D eigenvalue weighted by atomic mass is 32.2.